The first kappa shape index (κ1) is 21.7. The molecule has 3 aromatic rings. The van der Waals surface area contributed by atoms with Crippen LogP contribution in [0.3, 0.4) is 0 Å². The van der Waals surface area contributed by atoms with E-state index in [9.17, 15) is 9.59 Å². The molecule has 2 aromatic carbocycles. The summed E-state index contributed by atoms with van der Waals surface area (Å²) in [5, 5.41) is 0. The van der Waals surface area contributed by atoms with Crippen LogP contribution in [0.2, 0.25) is 0 Å². The molecule has 7 nitrogen and oxygen atoms in total. The second-order valence-electron chi connectivity index (χ2n) is 7.45. The average molecular weight is 527 g/mol. The average Bonchev–Trinajstić information content (AvgIpc) is 3.39. The maximum atomic E-state index is 13.3. The highest BCUT2D eigenvalue weighted by Gasteiger charge is 2.32. The second kappa shape index (κ2) is 8.64. The zero-order valence-electron chi connectivity index (χ0n) is 17.8. The zero-order valence-corrected chi connectivity index (χ0v) is 20.2. The van der Waals surface area contributed by atoms with Crippen LogP contribution in [0.5, 0.6) is 11.5 Å². The molecule has 168 valence electrons. The van der Waals surface area contributed by atoms with Crippen LogP contribution in [-0.2, 0) is 9.53 Å². The molecule has 0 amide bonds. The summed E-state index contributed by atoms with van der Waals surface area (Å²) in [5.74, 6) is 0.748. The van der Waals surface area contributed by atoms with Gasteiger partial charge < -0.3 is 14.2 Å². The highest BCUT2D eigenvalue weighted by molar-refractivity contribution is 9.10. The number of hydrogen-bond acceptors (Lipinski definition) is 7. The van der Waals surface area contributed by atoms with Crippen LogP contribution in [0.4, 0.5) is 0 Å². The lowest BCUT2D eigenvalue weighted by Gasteiger charge is -2.22. The molecule has 0 unspecified atom stereocenters. The van der Waals surface area contributed by atoms with Crippen molar-refractivity contribution in [3.63, 3.8) is 0 Å². The zero-order chi connectivity index (χ0) is 23.1. The van der Waals surface area contributed by atoms with Gasteiger partial charge in [0.15, 0.2) is 16.3 Å². The fourth-order valence-electron chi connectivity index (χ4n) is 3.85. The summed E-state index contributed by atoms with van der Waals surface area (Å²) in [5.41, 5.74) is 2.28. The molecule has 1 atom stereocenters. The van der Waals surface area contributed by atoms with Gasteiger partial charge in [-0.1, -0.05) is 45.5 Å². The van der Waals surface area contributed by atoms with E-state index >= 15 is 0 Å². The van der Waals surface area contributed by atoms with Gasteiger partial charge in [0.2, 0.25) is 6.79 Å². The van der Waals surface area contributed by atoms with Gasteiger partial charge in [0.1, 0.15) is 6.04 Å². The number of carbonyl (C=O) groups is 1. The number of benzene rings is 2. The maximum Gasteiger partial charge on any atom is 0.338 e. The SMILES string of the molecule is CCOC(=O)C1=C(C)n2c(s/c(=C\c3ccc(Br)cc3)c2=O)=N[C@@H]1c1ccc2c(c1)OCO2. The van der Waals surface area contributed by atoms with Crippen LogP contribution in [0.1, 0.15) is 31.0 Å². The summed E-state index contributed by atoms with van der Waals surface area (Å²) in [6, 6.07) is 12.5. The van der Waals surface area contributed by atoms with Crippen LogP contribution < -0.4 is 24.4 Å². The van der Waals surface area contributed by atoms with E-state index in [1.54, 1.807) is 19.9 Å². The number of ether oxygens (including phenoxy) is 3. The molecule has 0 fully saturated rings. The van der Waals surface area contributed by atoms with E-state index in [1.807, 2.05) is 42.5 Å². The molecule has 0 radical (unpaired) electrons. The first-order valence-electron chi connectivity index (χ1n) is 10.3. The van der Waals surface area contributed by atoms with Gasteiger partial charge >= 0.3 is 5.97 Å². The maximum absolute atomic E-state index is 13.3. The van der Waals surface area contributed by atoms with E-state index in [0.717, 1.165) is 15.6 Å². The van der Waals surface area contributed by atoms with E-state index in [1.165, 1.54) is 15.9 Å². The van der Waals surface area contributed by atoms with E-state index in [-0.39, 0.29) is 19.0 Å². The van der Waals surface area contributed by atoms with Gasteiger partial charge in [-0.25, -0.2) is 9.79 Å². The van der Waals surface area contributed by atoms with Crippen LogP contribution in [0.15, 0.2) is 62.3 Å². The van der Waals surface area contributed by atoms with Crippen molar-refractivity contribution in [1.29, 1.82) is 0 Å². The smallest absolute Gasteiger partial charge is 0.338 e. The highest BCUT2D eigenvalue weighted by atomic mass is 79.9. The van der Waals surface area contributed by atoms with Gasteiger partial charge in [0, 0.05) is 10.2 Å². The van der Waals surface area contributed by atoms with Crippen molar-refractivity contribution in [2.24, 2.45) is 4.99 Å². The summed E-state index contributed by atoms with van der Waals surface area (Å²) in [6.07, 6.45) is 1.83. The van der Waals surface area contributed by atoms with Gasteiger partial charge in [-0.3, -0.25) is 9.36 Å². The lowest BCUT2D eigenvalue weighted by molar-refractivity contribution is -0.138. The number of halogens is 1. The quantitative estimate of drug-likeness (QED) is 0.487. The van der Waals surface area contributed by atoms with Gasteiger partial charge in [-0.2, -0.15) is 0 Å². The Labute approximate surface area is 201 Å². The number of nitrogens with zero attached hydrogens (tertiary/aromatic N) is 2. The molecule has 0 saturated carbocycles. The fourth-order valence-corrected chi connectivity index (χ4v) is 5.16. The molecular formula is C24H19BrN2O5S. The third-order valence-corrected chi connectivity index (χ3v) is 6.93. The van der Waals surface area contributed by atoms with Crippen LogP contribution in [0, 0.1) is 0 Å². The van der Waals surface area contributed by atoms with Gasteiger partial charge in [-0.05, 0) is 55.3 Å². The molecular weight excluding hydrogens is 508 g/mol. The summed E-state index contributed by atoms with van der Waals surface area (Å²) < 4.78 is 19.2. The fraction of sp³-hybridized carbons (Fsp3) is 0.208. The summed E-state index contributed by atoms with van der Waals surface area (Å²) in [6.45, 7) is 3.87. The largest absolute Gasteiger partial charge is 0.463 e. The highest BCUT2D eigenvalue weighted by Crippen LogP contribution is 2.38. The third-order valence-electron chi connectivity index (χ3n) is 5.42. The molecule has 9 heteroatoms. The van der Waals surface area contributed by atoms with Gasteiger partial charge in [-0.15, -0.1) is 0 Å². The number of aromatic nitrogens is 1. The van der Waals surface area contributed by atoms with Crippen LogP contribution in [0.25, 0.3) is 11.8 Å². The molecule has 0 N–H and O–H groups in total. The van der Waals surface area contributed by atoms with Crippen molar-refractivity contribution in [3.8, 4) is 11.5 Å². The Hall–Kier alpha value is -3.17. The Kier molecular flexibility index (Phi) is 5.67. The Morgan fingerprint density at radius 1 is 1.24 bits per heavy atom. The monoisotopic (exact) mass is 526 g/mol. The Bertz CT molecular complexity index is 1470. The molecule has 33 heavy (non-hydrogen) atoms. The number of rotatable bonds is 4. The minimum Gasteiger partial charge on any atom is -0.463 e. The lowest BCUT2D eigenvalue weighted by Crippen LogP contribution is -2.35. The minimum absolute atomic E-state index is 0.153. The predicted octanol–water partition coefficient (Wildman–Crippen LogP) is 3.40. The standard InChI is InChI=1S/C24H19BrN2O5S/c1-3-30-23(29)20-13(2)27-22(28)19(10-14-4-7-16(25)8-5-14)33-24(27)26-21(20)15-6-9-17-18(11-15)32-12-31-17/h4-11,21H,3,12H2,1-2H3/b19-10-/t21-/m1/s1. The number of thiazole rings is 1. The number of fused-ring (bicyclic) bond motifs is 2. The van der Waals surface area contributed by atoms with Crippen LogP contribution >= 0.6 is 27.3 Å². The summed E-state index contributed by atoms with van der Waals surface area (Å²) in [4.78, 5) is 31.6. The Morgan fingerprint density at radius 3 is 2.76 bits per heavy atom. The van der Waals surface area contributed by atoms with Crippen molar-refractivity contribution in [3.05, 3.63) is 83.3 Å². The van der Waals surface area contributed by atoms with Crippen LogP contribution in [-0.4, -0.2) is 23.9 Å². The number of allylic oxidation sites excluding steroid dienone is 1. The topological polar surface area (TPSA) is 79.1 Å². The molecule has 2 aliphatic heterocycles. The van der Waals surface area contributed by atoms with Crippen molar-refractivity contribution in [2.75, 3.05) is 13.4 Å². The summed E-state index contributed by atoms with van der Waals surface area (Å²) in [7, 11) is 0. The molecule has 0 bridgehead atoms. The molecule has 3 heterocycles. The molecule has 0 aliphatic carbocycles. The van der Waals surface area contributed by atoms with E-state index in [0.29, 0.717) is 32.1 Å². The second-order valence-corrected chi connectivity index (χ2v) is 9.37. The normalized spacial score (nSPS) is 17.1. The van der Waals surface area contributed by atoms with Crippen molar-refractivity contribution >= 4 is 45.0 Å². The molecule has 5 rings (SSSR count). The number of carbonyl (C=O) groups excluding carboxylic acids is 1. The third kappa shape index (κ3) is 3.91. The summed E-state index contributed by atoms with van der Waals surface area (Å²) >= 11 is 4.71. The van der Waals surface area contributed by atoms with Crippen molar-refractivity contribution in [2.45, 2.75) is 19.9 Å². The minimum atomic E-state index is -0.628. The van der Waals surface area contributed by atoms with E-state index < -0.39 is 12.0 Å². The van der Waals surface area contributed by atoms with E-state index in [4.69, 9.17) is 19.2 Å². The molecule has 1 aromatic heterocycles. The van der Waals surface area contributed by atoms with Crippen molar-refractivity contribution < 1.29 is 19.0 Å². The Morgan fingerprint density at radius 2 is 2.00 bits per heavy atom. The number of esters is 1. The first-order chi connectivity index (χ1) is 16.0. The molecule has 2 aliphatic rings. The van der Waals surface area contributed by atoms with Gasteiger partial charge in [0.05, 0.1) is 16.7 Å². The number of hydrogen-bond donors (Lipinski definition) is 0. The predicted molar refractivity (Wildman–Crippen MR) is 128 cm³/mol. The molecule has 0 saturated heterocycles. The van der Waals surface area contributed by atoms with Crippen molar-refractivity contribution in [1.82, 2.24) is 4.57 Å². The van der Waals surface area contributed by atoms with E-state index in [2.05, 4.69) is 15.9 Å². The molecule has 0 spiro atoms. The lowest BCUT2D eigenvalue weighted by atomic mass is 9.96. The Balaban J connectivity index is 1.70. The van der Waals surface area contributed by atoms with Gasteiger partial charge in [0.25, 0.3) is 5.56 Å². The first-order valence-corrected chi connectivity index (χ1v) is 11.9.